The van der Waals surface area contributed by atoms with E-state index in [1.807, 2.05) is 38.1 Å². The molecule has 1 unspecified atom stereocenters. The zero-order chi connectivity index (χ0) is 17.0. The molecule has 1 atom stereocenters. The molecule has 0 bridgehead atoms. The summed E-state index contributed by atoms with van der Waals surface area (Å²) in [6, 6.07) is 7.34. The highest BCUT2D eigenvalue weighted by Gasteiger charge is 2.31. The zero-order valence-electron chi connectivity index (χ0n) is 14.3. The molecule has 1 aromatic rings. The van der Waals surface area contributed by atoms with Crippen LogP contribution < -0.4 is 15.4 Å². The van der Waals surface area contributed by atoms with E-state index in [0.717, 1.165) is 11.3 Å². The molecule has 1 fully saturated rings. The van der Waals surface area contributed by atoms with Crippen LogP contribution in [0, 0.1) is 5.92 Å². The van der Waals surface area contributed by atoms with Gasteiger partial charge in [-0.15, -0.1) is 0 Å². The Kier molecular flexibility index (Phi) is 5.29. The molecule has 5 nitrogen and oxygen atoms in total. The van der Waals surface area contributed by atoms with Crippen LogP contribution in [0.5, 0.6) is 5.75 Å². The first-order valence-electron chi connectivity index (χ1n) is 8.12. The van der Waals surface area contributed by atoms with Crippen molar-refractivity contribution in [3.05, 3.63) is 29.8 Å². The molecule has 0 spiro atoms. The Bertz CT molecular complexity index is 564. The number of amides is 2. The minimum atomic E-state index is -0.513. The zero-order valence-corrected chi connectivity index (χ0v) is 14.3. The third-order valence-electron chi connectivity index (χ3n) is 3.91. The molecule has 1 saturated heterocycles. The standard InChI is InChI=1S/C18H26N2O3/c1-12(2)11-23-14-7-5-13(6-8-14)18(3,4)20-17(22)15-9-10-16(21)19-15/h5-8,12,15H,9-11H2,1-4H3,(H,19,21)(H,20,22). The molecule has 2 rings (SSSR count). The average molecular weight is 318 g/mol. The Morgan fingerprint density at radius 3 is 2.52 bits per heavy atom. The smallest absolute Gasteiger partial charge is 0.243 e. The summed E-state index contributed by atoms with van der Waals surface area (Å²) in [7, 11) is 0. The lowest BCUT2D eigenvalue weighted by Crippen LogP contribution is -2.49. The second-order valence-electron chi connectivity index (χ2n) is 7.00. The van der Waals surface area contributed by atoms with E-state index in [-0.39, 0.29) is 11.8 Å². The normalized spacial score (nSPS) is 18.0. The maximum absolute atomic E-state index is 12.3. The van der Waals surface area contributed by atoms with E-state index in [2.05, 4.69) is 24.5 Å². The second kappa shape index (κ2) is 7.02. The van der Waals surface area contributed by atoms with Crippen molar-refractivity contribution in [2.24, 2.45) is 5.92 Å². The van der Waals surface area contributed by atoms with Gasteiger partial charge in [-0.1, -0.05) is 26.0 Å². The number of nitrogens with one attached hydrogen (secondary N) is 2. The quantitative estimate of drug-likeness (QED) is 0.846. The number of rotatable bonds is 6. The van der Waals surface area contributed by atoms with Crippen molar-refractivity contribution < 1.29 is 14.3 Å². The van der Waals surface area contributed by atoms with Crippen LogP contribution in [0.4, 0.5) is 0 Å². The monoisotopic (exact) mass is 318 g/mol. The third-order valence-corrected chi connectivity index (χ3v) is 3.91. The van der Waals surface area contributed by atoms with Gasteiger partial charge in [-0.25, -0.2) is 0 Å². The Morgan fingerprint density at radius 2 is 2.00 bits per heavy atom. The van der Waals surface area contributed by atoms with Crippen molar-refractivity contribution in [2.45, 2.75) is 52.1 Å². The fourth-order valence-electron chi connectivity index (χ4n) is 2.51. The fraction of sp³-hybridized carbons (Fsp3) is 0.556. The van der Waals surface area contributed by atoms with E-state index in [1.165, 1.54) is 0 Å². The van der Waals surface area contributed by atoms with Gasteiger partial charge in [-0.2, -0.15) is 0 Å². The van der Waals surface area contributed by atoms with Gasteiger partial charge < -0.3 is 15.4 Å². The molecule has 0 radical (unpaired) electrons. The van der Waals surface area contributed by atoms with Crippen LogP contribution in [0.2, 0.25) is 0 Å². The Hall–Kier alpha value is -2.04. The summed E-state index contributed by atoms with van der Waals surface area (Å²) < 4.78 is 5.67. The number of carbonyl (C=O) groups is 2. The van der Waals surface area contributed by atoms with E-state index in [1.54, 1.807) is 0 Å². The van der Waals surface area contributed by atoms with Crippen molar-refractivity contribution >= 4 is 11.8 Å². The van der Waals surface area contributed by atoms with Gasteiger partial charge in [-0.3, -0.25) is 9.59 Å². The maximum Gasteiger partial charge on any atom is 0.243 e. The van der Waals surface area contributed by atoms with Gasteiger partial charge in [0, 0.05) is 6.42 Å². The molecule has 1 aromatic carbocycles. The topological polar surface area (TPSA) is 67.4 Å². The van der Waals surface area contributed by atoms with E-state index >= 15 is 0 Å². The van der Waals surface area contributed by atoms with Crippen LogP contribution >= 0.6 is 0 Å². The molecule has 1 aliphatic heterocycles. The summed E-state index contributed by atoms with van der Waals surface area (Å²) >= 11 is 0. The van der Waals surface area contributed by atoms with Crippen molar-refractivity contribution in [1.82, 2.24) is 10.6 Å². The van der Waals surface area contributed by atoms with E-state index in [9.17, 15) is 9.59 Å². The molecule has 126 valence electrons. The van der Waals surface area contributed by atoms with Crippen molar-refractivity contribution in [1.29, 1.82) is 0 Å². The van der Waals surface area contributed by atoms with Gasteiger partial charge in [0.05, 0.1) is 12.1 Å². The van der Waals surface area contributed by atoms with Crippen LogP contribution in [0.1, 0.15) is 46.1 Å². The molecule has 0 aromatic heterocycles. The lowest BCUT2D eigenvalue weighted by molar-refractivity contribution is -0.127. The lowest BCUT2D eigenvalue weighted by Gasteiger charge is -2.28. The summed E-state index contributed by atoms with van der Waals surface area (Å²) in [5, 5.41) is 5.70. The van der Waals surface area contributed by atoms with Gasteiger partial charge >= 0.3 is 0 Å². The number of hydrogen-bond acceptors (Lipinski definition) is 3. The number of hydrogen-bond donors (Lipinski definition) is 2. The molecule has 0 aliphatic carbocycles. The summed E-state index contributed by atoms with van der Waals surface area (Å²) in [6.07, 6.45) is 0.975. The molecule has 23 heavy (non-hydrogen) atoms. The van der Waals surface area contributed by atoms with Gasteiger partial charge in [0.15, 0.2) is 0 Å². The Labute approximate surface area is 137 Å². The lowest BCUT2D eigenvalue weighted by atomic mass is 9.93. The minimum absolute atomic E-state index is 0.0605. The number of benzene rings is 1. The van der Waals surface area contributed by atoms with Crippen LogP contribution in [0.15, 0.2) is 24.3 Å². The van der Waals surface area contributed by atoms with Crippen molar-refractivity contribution in [3.63, 3.8) is 0 Å². The summed E-state index contributed by atoms with van der Waals surface area (Å²) in [4.78, 5) is 23.5. The second-order valence-corrected chi connectivity index (χ2v) is 7.00. The van der Waals surface area contributed by atoms with E-state index < -0.39 is 11.6 Å². The highest BCUT2D eigenvalue weighted by atomic mass is 16.5. The van der Waals surface area contributed by atoms with Crippen molar-refractivity contribution in [2.75, 3.05) is 6.61 Å². The van der Waals surface area contributed by atoms with E-state index in [4.69, 9.17) is 4.74 Å². The van der Waals surface area contributed by atoms with Crippen LogP contribution in [-0.2, 0) is 15.1 Å². The summed E-state index contributed by atoms with van der Waals surface area (Å²) in [6.45, 7) is 8.79. The Morgan fingerprint density at radius 1 is 1.35 bits per heavy atom. The summed E-state index contributed by atoms with van der Waals surface area (Å²) in [5.74, 6) is 1.11. The molecule has 5 heteroatoms. The Balaban J connectivity index is 1.98. The largest absolute Gasteiger partial charge is 0.493 e. The first-order chi connectivity index (χ1) is 10.8. The predicted molar refractivity (Wildman–Crippen MR) is 89.1 cm³/mol. The number of ether oxygens (including phenoxy) is 1. The molecule has 1 heterocycles. The molecule has 1 aliphatic rings. The maximum atomic E-state index is 12.3. The third kappa shape index (κ3) is 4.71. The van der Waals surface area contributed by atoms with Gasteiger partial charge in [0.2, 0.25) is 11.8 Å². The molecular formula is C18H26N2O3. The summed E-state index contributed by atoms with van der Waals surface area (Å²) in [5.41, 5.74) is 0.480. The molecule has 2 N–H and O–H groups in total. The first kappa shape index (κ1) is 17.3. The first-order valence-corrected chi connectivity index (χ1v) is 8.12. The highest BCUT2D eigenvalue weighted by Crippen LogP contribution is 2.23. The average Bonchev–Trinajstić information content (AvgIpc) is 2.92. The molecule has 2 amide bonds. The van der Waals surface area contributed by atoms with E-state index in [0.29, 0.717) is 25.4 Å². The molecule has 0 saturated carbocycles. The molecular weight excluding hydrogens is 292 g/mol. The SMILES string of the molecule is CC(C)COc1ccc(C(C)(C)NC(=O)C2CCC(=O)N2)cc1. The van der Waals surface area contributed by atoms with Gasteiger partial charge in [0.1, 0.15) is 11.8 Å². The highest BCUT2D eigenvalue weighted by molar-refractivity contribution is 5.91. The predicted octanol–water partition coefficient (Wildman–Crippen LogP) is 2.35. The fourth-order valence-corrected chi connectivity index (χ4v) is 2.51. The van der Waals surface area contributed by atoms with Crippen LogP contribution in [-0.4, -0.2) is 24.5 Å². The van der Waals surface area contributed by atoms with Crippen LogP contribution in [0.25, 0.3) is 0 Å². The minimum Gasteiger partial charge on any atom is -0.493 e. The van der Waals surface area contributed by atoms with Crippen LogP contribution in [0.3, 0.4) is 0 Å². The van der Waals surface area contributed by atoms with Gasteiger partial charge in [-0.05, 0) is 43.9 Å². The number of carbonyl (C=O) groups excluding carboxylic acids is 2. The van der Waals surface area contributed by atoms with Crippen molar-refractivity contribution in [3.8, 4) is 5.75 Å². The van der Waals surface area contributed by atoms with Gasteiger partial charge in [0.25, 0.3) is 0 Å².